The van der Waals surface area contributed by atoms with Crippen molar-refractivity contribution in [1.82, 2.24) is 10.6 Å². The summed E-state index contributed by atoms with van der Waals surface area (Å²) in [4.78, 5) is 11.9. The van der Waals surface area contributed by atoms with E-state index in [0.29, 0.717) is 19.2 Å². The van der Waals surface area contributed by atoms with E-state index < -0.39 is 0 Å². The van der Waals surface area contributed by atoms with Crippen molar-refractivity contribution >= 4 is 5.91 Å². The van der Waals surface area contributed by atoms with Gasteiger partial charge in [0.15, 0.2) is 0 Å². The minimum Gasteiger partial charge on any atom is -0.366 e. The molecule has 1 aliphatic carbocycles. The molecule has 1 saturated carbocycles. The lowest BCUT2D eigenvalue weighted by atomic mass is 10.1. The summed E-state index contributed by atoms with van der Waals surface area (Å²) < 4.78 is 5.44. The number of hydrogen-bond donors (Lipinski definition) is 2. The zero-order valence-electron chi connectivity index (χ0n) is 9.84. The molecule has 4 heteroatoms. The molecule has 4 nitrogen and oxygen atoms in total. The van der Waals surface area contributed by atoms with Gasteiger partial charge in [0.1, 0.15) is 6.10 Å². The van der Waals surface area contributed by atoms with Gasteiger partial charge in [-0.3, -0.25) is 4.79 Å². The molecule has 2 fully saturated rings. The van der Waals surface area contributed by atoms with Crippen LogP contribution in [0.1, 0.15) is 38.5 Å². The van der Waals surface area contributed by atoms with Crippen molar-refractivity contribution < 1.29 is 9.53 Å². The Balaban J connectivity index is 1.76. The Hall–Kier alpha value is -0.610. The quantitative estimate of drug-likeness (QED) is 0.685. The fourth-order valence-electron chi connectivity index (χ4n) is 2.45. The molecule has 1 aliphatic heterocycles. The number of nitrogens with one attached hydrogen (secondary N) is 2. The predicted molar refractivity (Wildman–Crippen MR) is 62.2 cm³/mol. The third-order valence-corrected chi connectivity index (χ3v) is 3.42. The third kappa shape index (κ3) is 3.46. The summed E-state index contributed by atoms with van der Waals surface area (Å²) in [5.41, 5.74) is 0. The van der Waals surface area contributed by atoms with Gasteiger partial charge in [0.25, 0.3) is 5.91 Å². The Morgan fingerprint density at radius 2 is 1.94 bits per heavy atom. The predicted octanol–water partition coefficient (Wildman–Crippen LogP) is 0.814. The summed E-state index contributed by atoms with van der Waals surface area (Å²) >= 11 is 0. The van der Waals surface area contributed by atoms with Crippen molar-refractivity contribution in [3.8, 4) is 0 Å². The van der Waals surface area contributed by atoms with Gasteiger partial charge in [0, 0.05) is 19.1 Å². The molecule has 2 rings (SSSR count). The van der Waals surface area contributed by atoms with Crippen LogP contribution in [0, 0.1) is 0 Å². The molecule has 1 atom stereocenters. The average molecular weight is 226 g/mol. The van der Waals surface area contributed by atoms with Gasteiger partial charge in [-0.2, -0.15) is 0 Å². The van der Waals surface area contributed by atoms with Crippen molar-refractivity contribution in [3.63, 3.8) is 0 Å². The Kier molecular flexibility index (Phi) is 4.60. The number of carbonyl (C=O) groups excluding carboxylic acids is 1. The van der Waals surface area contributed by atoms with E-state index in [9.17, 15) is 4.79 Å². The van der Waals surface area contributed by atoms with Crippen LogP contribution in [0.2, 0.25) is 0 Å². The van der Waals surface area contributed by atoms with Crippen LogP contribution < -0.4 is 10.6 Å². The van der Waals surface area contributed by atoms with E-state index in [-0.39, 0.29) is 12.0 Å². The van der Waals surface area contributed by atoms with E-state index in [2.05, 4.69) is 10.6 Å². The molecule has 92 valence electrons. The lowest BCUT2D eigenvalue weighted by Gasteiger charge is -2.25. The minimum absolute atomic E-state index is 0.0686. The second kappa shape index (κ2) is 6.21. The molecule has 2 aliphatic rings. The van der Waals surface area contributed by atoms with Crippen LogP contribution in [0.4, 0.5) is 0 Å². The van der Waals surface area contributed by atoms with Crippen LogP contribution in [-0.2, 0) is 9.53 Å². The largest absolute Gasteiger partial charge is 0.366 e. The van der Waals surface area contributed by atoms with Crippen LogP contribution in [0.3, 0.4) is 0 Å². The first kappa shape index (κ1) is 11.9. The van der Waals surface area contributed by atoms with Crippen LogP contribution in [-0.4, -0.2) is 37.7 Å². The normalized spacial score (nSPS) is 28.4. The standard InChI is InChI=1S/C12H22N2O2/c15-12(11-9-13-7-8-16-11)14-10-5-3-1-2-4-6-10/h10-11,13H,1-9H2,(H,14,15). The molecule has 1 heterocycles. The Bertz CT molecular complexity index is 219. The first-order valence-electron chi connectivity index (χ1n) is 6.49. The highest BCUT2D eigenvalue weighted by molar-refractivity contribution is 5.81. The minimum atomic E-state index is -0.281. The van der Waals surface area contributed by atoms with E-state index in [1.165, 1.54) is 25.7 Å². The lowest BCUT2D eigenvalue weighted by molar-refractivity contribution is -0.135. The van der Waals surface area contributed by atoms with Crippen LogP contribution in [0.15, 0.2) is 0 Å². The topological polar surface area (TPSA) is 50.4 Å². The number of amides is 1. The van der Waals surface area contributed by atoms with Crippen LogP contribution in [0.25, 0.3) is 0 Å². The molecule has 1 amide bonds. The lowest BCUT2D eigenvalue weighted by Crippen LogP contribution is -2.50. The van der Waals surface area contributed by atoms with Gasteiger partial charge in [-0.1, -0.05) is 25.7 Å². The maximum atomic E-state index is 11.9. The number of ether oxygens (including phenoxy) is 1. The Labute approximate surface area is 97.1 Å². The summed E-state index contributed by atoms with van der Waals surface area (Å²) in [5.74, 6) is 0.0686. The summed E-state index contributed by atoms with van der Waals surface area (Å²) in [6.45, 7) is 2.15. The second-order valence-electron chi connectivity index (χ2n) is 4.76. The van der Waals surface area contributed by atoms with E-state index >= 15 is 0 Å². The molecule has 1 saturated heterocycles. The van der Waals surface area contributed by atoms with Gasteiger partial charge < -0.3 is 15.4 Å². The maximum Gasteiger partial charge on any atom is 0.250 e. The molecule has 16 heavy (non-hydrogen) atoms. The van der Waals surface area contributed by atoms with Crippen LogP contribution >= 0.6 is 0 Å². The van der Waals surface area contributed by atoms with Crippen molar-refractivity contribution in [3.05, 3.63) is 0 Å². The van der Waals surface area contributed by atoms with Crippen molar-refractivity contribution in [2.24, 2.45) is 0 Å². The molecule has 0 spiro atoms. The molecule has 2 N–H and O–H groups in total. The first-order valence-corrected chi connectivity index (χ1v) is 6.49. The van der Waals surface area contributed by atoms with Crippen molar-refractivity contribution in [2.45, 2.75) is 50.7 Å². The molecule has 0 aromatic carbocycles. The Morgan fingerprint density at radius 3 is 2.56 bits per heavy atom. The van der Waals surface area contributed by atoms with E-state index in [1.54, 1.807) is 0 Å². The summed E-state index contributed by atoms with van der Waals surface area (Å²) in [7, 11) is 0. The maximum absolute atomic E-state index is 11.9. The fraction of sp³-hybridized carbons (Fsp3) is 0.917. The first-order chi connectivity index (χ1) is 7.86. The SMILES string of the molecule is O=C(NC1CCCCCC1)C1CNCCO1. The van der Waals surface area contributed by atoms with Crippen molar-refractivity contribution in [2.75, 3.05) is 19.7 Å². The monoisotopic (exact) mass is 226 g/mol. The van der Waals surface area contributed by atoms with E-state index in [1.807, 2.05) is 0 Å². The van der Waals surface area contributed by atoms with Gasteiger partial charge in [0.05, 0.1) is 6.61 Å². The van der Waals surface area contributed by atoms with Gasteiger partial charge >= 0.3 is 0 Å². The Morgan fingerprint density at radius 1 is 1.19 bits per heavy atom. The average Bonchev–Trinajstić information content (AvgIpc) is 2.59. The summed E-state index contributed by atoms with van der Waals surface area (Å²) in [5, 5.41) is 6.30. The molecule has 1 unspecified atom stereocenters. The fourth-order valence-corrected chi connectivity index (χ4v) is 2.45. The van der Waals surface area contributed by atoms with E-state index in [4.69, 9.17) is 4.74 Å². The zero-order valence-corrected chi connectivity index (χ0v) is 9.84. The molecule has 0 aromatic heterocycles. The number of hydrogen-bond acceptors (Lipinski definition) is 3. The van der Waals surface area contributed by atoms with Gasteiger partial charge in [0.2, 0.25) is 0 Å². The molecule has 0 bridgehead atoms. The van der Waals surface area contributed by atoms with E-state index in [0.717, 1.165) is 19.4 Å². The molecular formula is C12H22N2O2. The number of carbonyl (C=O) groups is 1. The molecule has 0 aromatic rings. The highest BCUT2D eigenvalue weighted by Crippen LogP contribution is 2.17. The number of rotatable bonds is 2. The van der Waals surface area contributed by atoms with Crippen molar-refractivity contribution in [1.29, 1.82) is 0 Å². The third-order valence-electron chi connectivity index (χ3n) is 3.42. The second-order valence-corrected chi connectivity index (χ2v) is 4.76. The molecule has 0 radical (unpaired) electrons. The highest BCUT2D eigenvalue weighted by atomic mass is 16.5. The molecular weight excluding hydrogens is 204 g/mol. The number of morpholine rings is 1. The van der Waals surface area contributed by atoms with Gasteiger partial charge in [-0.15, -0.1) is 0 Å². The van der Waals surface area contributed by atoms with Gasteiger partial charge in [-0.25, -0.2) is 0 Å². The van der Waals surface area contributed by atoms with Gasteiger partial charge in [-0.05, 0) is 12.8 Å². The summed E-state index contributed by atoms with van der Waals surface area (Å²) in [6, 6.07) is 0.375. The summed E-state index contributed by atoms with van der Waals surface area (Å²) in [6.07, 6.45) is 7.10. The zero-order chi connectivity index (χ0) is 11.2. The smallest absolute Gasteiger partial charge is 0.250 e. The van der Waals surface area contributed by atoms with Crippen LogP contribution in [0.5, 0.6) is 0 Å². The highest BCUT2D eigenvalue weighted by Gasteiger charge is 2.24.